The van der Waals surface area contributed by atoms with E-state index in [-0.39, 0.29) is 11.4 Å². The summed E-state index contributed by atoms with van der Waals surface area (Å²) in [5.74, 6) is -0.806. The molecule has 0 spiro atoms. The topological polar surface area (TPSA) is 53.9 Å². The van der Waals surface area contributed by atoms with Crippen molar-refractivity contribution in [3.63, 3.8) is 0 Å². The summed E-state index contributed by atoms with van der Waals surface area (Å²) in [6, 6.07) is 9.63. The molecule has 0 fully saturated rings. The first-order valence-corrected chi connectivity index (χ1v) is 8.40. The first kappa shape index (κ1) is 18.0. The molecule has 0 aliphatic carbocycles. The van der Waals surface area contributed by atoms with Gasteiger partial charge in [0.25, 0.3) is 0 Å². The maximum atomic E-state index is 13.4. The molecule has 1 aliphatic rings. The van der Waals surface area contributed by atoms with Crippen molar-refractivity contribution in [2.75, 3.05) is 0 Å². The minimum absolute atomic E-state index is 0.0279. The van der Waals surface area contributed by atoms with Crippen molar-refractivity contribution in [2.45, 2.75) is 25.7 Å². The highest BCUT2D eigenvalue weighted by Gasteiger charge is 2.39. The van der Waals surface area contributed by atoms with Crippen molar-refractivity contribution >= 4 is 28.4 Å². The molecule has 1 aliphatic heterocycles. The summed E-state index contributed by atoms with van der Waals surface area (Å²) in [6.45, 7) is 3.31. The number of phenolic OH excluding ortho intramolecular Hbond substituents is 1. The number of halogens is 4. The molecule has 4 nitrogen and oxygen atoms in total. The number of benzene rings is 2. The third kappa shape index (κ3) is 3.45. The van der Waals surface area contributed by atoms with Crippen molar-refractivity contribution in [1.29, 1.82) is 0 Å². The molecule has 0 saturated heterocycles. The molecule has 132 valence electrons. The molecule has 1 heterocycles. The van der Waals surface area contributed by atoms with Crippen molar-refractivity contribution in [2.24, 2.45) is 4.99 Å². The number of nitrogens with one attached hydrogen (secondary N) is 1. The van der Waals surface area contributed by atoms with Crippen LogP contribution in [0.4, 0.5) is 13.2 Å². The van der Waals surface area contributed by atoms with Crippen LogP contribution in [0.5, 0.6) is 5.75 Å². The van der Waals surface area contributed by atoms with Crippen LogP contribution < -0.4 is 5.48 Å². The number of hydrogen-bond acceptors (Lipinski definition) is 4. The molecule has 0 radical (unpaired) electrons. The molecule has 2 aromatic carbocycles. The van der Waals surface area contributed by atoms with Crippen molar-refractivity contribution in [3.8, 4) is 16.9 Å². The van der Waals surface area contributed by atoms with Gasteiger partial charge in [-0.2, -0.15) is 13.2 Å². The number of amidine groups is 1. The maximum absolute atomic E-state index is 13.4. The second-order valence-corrected chi connectivity index (χ2v) is 7.06. The number of hydrogen-bond donors (Lipinski definition) is 2. The fourth-order valence-corrected chi connectivity index (χ4v) is 3.48. The summed E-state index contributed by atoms with van der Waals surface area (Å²) in [5.41, 5.74) is 1.40. The lowest BCUT2D eigenvalue weighted by atomic mass is 9.97. The molecular formula is C17H14F3IN2O2. The summed E-state index contributed by atoms with van der Waals surface area (Å²) >= 11 is 1.91. The Morgan fingerprint density at radius 2 is 1.84 bits per heavy atom. The van der Waals surface area contributed by atoms with Crippen LogP contribution in [-0.4, -0.2) is 16.7 Å². The Bertz CT molecular complexity index is 849. The fraction of sp³-hybridized carbons (Fsp3) is 0.235. The largest absolute Gasteiger partial charge is 0.507 e. The lowest BCUT2D eigenvalue weighted by Gasteiger charge is -2.18. The average Bonchev–Trinajstić information content (AvgIpc) is 2.87. The second kappa shape index (κ2) is 6.17. The predicted molar refractivity (Wildman–Crippen MR) is 96.1 cm³/mol. The molecule has 3 rings (SSSR count). The van der Waals surface area contributed by atoms with Gasteiger partial charge in [-0.05, 0) is 53.6 Å². The van der Waals surface area contributed by atoms with Gasteiger partial charge >= 0.3 is 6.18 Å². The van der Waals surface area contributed by atoms with Crippen molar-refractivity contribution in [3.05, 3.63) is 51.1 Å². The molecule has 0 amide bonds. The normalized spacial score (nSPS) is 16.5. The summed E-state index contributed by atoms with van der Waals surface area (Å²) < 4.78 is 40.8. The summed E-state index contributed by atoms with van der Waals surface area (Å²) in [5, 5.41) is 10.3. The zero-order chi connectivity index (χ0) is 18.4. The number of aromatic hydroxyl groups is 1. The standard InChI is InChI=1S/C17H14F3IN2O2/c1-16(2)22-15(23-25-16)12-13(21)10(9-6-4-3-5-7-9)8-11(14(12)24)17(18,19)20/h3-8,24H,1-2H3,(H,22,23). The van der Waals surface area contributed by atoms with Crippen LogP contribution in [0.3, 0.4) is 0 Å². The quantitative estimate of drug-likeness (QED) is 0.637. The molecule has 0 bridgehead atoms. The highest BCUT2D eigenvalue weighted by molar-refractivity contribution is 14.1. The van der Waals surface area contributed by atoms with E-state index in [2.05, 4.69) is 10.5 Å². The van der Waals surface area contributed by atoms with E-state index in [1.54, 1.807) is 44.2 Å². The highest BCUT2D eigenvalue weighted by Crippen LogP contribution is 2.44. The average molecular weight is 462 g/mol. The SMILES string of the molecule is CC1(C)N=C(c2c(O)c(C(F)(F)F)cc(-c3ccccc3)c2I)NO1. The summed E-state index contributed by atoms with van der Waals surface area (Å²) in [7, 11) is 0. The predicted octanol–water partition coefficient (Wildman–Crippen LogP) is 4.70. The monoisotopic (exact) mass is 462 g/mol. The van der Waals surface area contributed by atoms with Crippen molar-refractivity contribution < 1.29 is 23.1 Å². The van der Waals surface area contributed by atoms with E-state index >= 15 is 0 Å². The van der Waals surface area contributed by atoms with Crippen LogP contribution in [0.1, 0.15) is 25.0 Å². The third-order valence-corrected chi connectivity index (χ3v) is 4.76. The molecule has 0 aromatic heterocycles. The molecule has 0 unspecified atom stereocenters. The van der Waals surface area contributed by atoms with Gasteiger partial charge in [-0.3, -0.25) is 0 Å². The van der Waals surface area contributed by atoms with Crippen LogP contribution in [0, 0.1) is 3.57 Å². The Morgan fingerprint density at radius 1 is 1.20 bits per heavy atom. The van der Waals surface area contributed by atoms with E-state index in [1.165, 1.54) is 0 Å². The smallest absolute Gasteiger partial charge is 0.420 e. The van der Waals surface area contributed by atoms with E-state index in [9.17, 15) is 18.3 Å². The first-order valence-electron chi connectivity index (χ1n) is 7.32. The van der Waals surface area contributed by atoms with Crippen LogP contribution in [0.25, 0.3) is 11.1 Å². The number of rotatable bonds is 2. The fourth-order valence-electron chi connectivity index (χ4n) is 2.50. The number of aliphatic imine (C=N–C) groups is 1. The molecule has 2 aromatic rings. The van der Waals surface area contributed by atoms with Gasteiger partial charge in [0, 0.05) is 3.57 Å². The minimum Gasteiger partial charge on any atom is -0.507 e. The molecule has 0 atom stereocenters. The molecule has 8 heteroatoms. The Kier molecular flexibility index (Phi) is 4.44. The maximum Gasteiger partial charge on any atom is 0.420 e. The van der Waals surface area contributed by atoms with Crippen LogP contribution >= 0.6 is 22.6 Å². The third-order valence-electron chi connectivity index (χ3n) is 3.64. The van der Waals surface area contributed by atoms with Crippen LogP contribution in [0.2, 0.25) is 0 Å². The summed E-state index contributed by atoms with van der Waals surface area (Å²) in [6.07, 6.45) is -4.71. The lowest BCUT2D eigenvalue weighted by Crippen LogP contribution is -2.24. The van der Waals surface area contributed by atoms with E-state index in [4.69, 9.17) is 4.84 Å². The van der Waals surface area contributed by atoms with E-state index < -0.39 is 23.2 Å². The van der Waals surface area contributed by atoms with Gasteiger partial charge in [-0.1, -0.05) is 30.3 Å². The Hall–Kier alpha value is -1.81. The van der Waals surface area contributed by atoms with E-state index in [1.807, 2.05) is 22.6 Å². The Balaban J connectivity index is 2.31. The van der Waals surface area contributed by atoms with Gasteiger partial charge in [-0.15, -0.1) is 0 Å². The number of phenols is 1. The van der Waals surface area contributed by atoms with Gasteiger partial charge in [0.2, 0.25) is 0 Å². The Labute approximate surface area is 155 Å². The highest BCUT2D eigenvalue weighted by atomic mass is 127. The number of hydroxylamine groups is 1. The van der Waals surface area contributed by atoms with Crippen molar-refractivity contribution in [1.82, 2.24) is 5.48 Å². The molecule has 0 saturated carbocycles. The van der Waals surface area contributed by atoms with E-state index in [0.717, 1.165) is 6.07 Å². The zero-order valence-electron chi connectivity index (χ0n) is 13.3. The van der Waals surface area contributed by atoms with E-state index in [0.29, 0.717) is 14.7 Å². The van der Waals surface area contributed by atoms with Crippen LogP contribution in [-0.2, 0) is 11.0 Å². The summed E-state index contributed by atoms with van der Waals surface area (Å²) in [4.78, 5) is 9.46. The van der Waals surface area contributed by atoms with Gasteiger partial charge in [0.1, 0.15) is 5.75 Å². The molecule has 25 heavy (non-hydrogen) atoms. The van der Waals surface area contributed by atoms with Gasteiger partial charge in [0.05, 0.1) is 11.1 Å². The second-order valence-electron chi connectivity index (χ2n) is 5.98. The number of nitrogens with zero attached hydrogens (tertiary/aromatic N) is 1. The van der Waals surface area contributed by atoms with Gasteiger partial charge in [-0.25, -0.2) is 15.3 Å². The zero-order valence-corrected chi connectivity index (χ0v) is 15.4. The van der Waals surface area contributed by atoms with Gasteiger partial charge in [0.15, 0.2) is 11.6 Å². The lowest BCUT2D eigenvalue weighted by molar-refractivity contribution is -0.138. The Morgan fingerprint density at radius 3 is 2.36 bits per heavy atom. The number of alkyl halides is 3. The molecule has 2 N–H and O–H groups in total. The molecular weight excluding hydrogens is 448 g/mol. The minimum atomic E-state index is -4.71. The first-order chi connectivity index (χ1) is 11.6. The van der Waals surface area contributed by atoms with Gasteiger partial charge < -0.3 is 5.11 Å². The van der Waals surface area contributed by atoms with Crippen LogP contribution in [0.15, 0.2) is 41.4 Å².